The summed E-state index contributed by atoms with van der Waals surface area (Å²) in [5.41, 5.74) is 14.4. The van der Waals surface area contributed by atoms with Gasteiger partial charge in [-0.2, -0.15) is 13.2 Å². The highest BCUT2D eigenvalue weighted by Crippen LogP contribution is 2.50. The highest BCUT2D eigenvalue weighted by atomic mass is 19.4. The molecule has 13 rings (SSSR count). The van der Waals surface area contributed by atoms with Gasteiger partial charge in [-0.05, 0) is 116 Å². The van der Waals surface area contributed by atoms with Gasteiger partial charge in [0.05, 0.1) is 39.0 Å². The van der Waals surface area contributed by atoms with Crippen molar-refractivity contribution in [2.24, 2.45) is 0 Å². The molecule has 366 valence electrons. The molecule has 3 heterocycles. The quantitative estimate of drug-likeness (QED) is 0.152. The summed E-state index contributed by atoms with van der Waals surface area (Å²) in [5.74, 6) is 1.01. The number of alkyl halides is 3. The second-order valence-corrected chi connectivity index (χ2v) is 19.7. The Labute approximate surface area is 437 Å². The Morgan fingerprint density at radius 1 is 0.329 bits per heavy atom. The lowest BCUT2D eigenvalue weighted by Gasteiger charge is -2.24. The average Bonchev–Trinajstić information content (AvgIpc) is 4.10. The maximum absolute atomic E-state index is 16.6. The first-order valence-electron chi connectivity index (χ1n) is 25.4. The Morgan fingerprint density at radius 2 is 0.763 bits per heavy atom. The highest BCUT2D eigenvalue weighted by Gasteiger charge is 2.38. The van der Waals surface area contributed by atoms with Crippen molar-refractivity contribution in [2.45, 2.75) is 33.9 Å². The first-order valence-corrected chi connectivity index (χ1v) is 25.4. The summed E-state index contributed by atoms with van der Waals surface area (Å²) in [6, 6.07) is 71.2. The summed E-state index contributed by atoms with van der Waals surface area (Å²) >= 11 is 0. The highest BCUT2D eigenvalue weighted by molar-refractivity contribution is 6.13. The molecule has 3 aromatic heterocycles. The molecule has 0 bridgehead atoms. The van der Waals surface area contributed by atoms with E-state index in [2.05, 4.69) is 111 Å². The number of halogens is 3. The third kappa shape index (κ3) is 7.84. The van der Waals surface area contributed by atoms with E-state index in [9.17, 15) is 0 Å². The van der Waals surface area contributed by atoms with E-state index in [1.54, 1.807) is 0 Å². The van der Waals surface area contributed by atoms with Crippen LogP contribution in [-0.2, 0) is 6.18 Å². The number of fused-ring (bicyclic) bond motifs is 6. The molecule has 13 aromatic rings. The van der Waals surface area contributed by atoms with E-state index in [0.717, 1.165) is 88.1 Å². The van der Waals surface area contributed by atoms with Crippen LogP contribution in [-0.4, -0.2) is 24.1 Å². The van der Waals surface area contributed by atoms with Crippen LogP contribution >= 0.6 is 0 Å². The van der Waals surface area contributed by atoms with Crippen molar-refractivity contribution < 1.29 is 13.2 Å². The van der Waals surface area contributed by atoms with Crippen LogP contribution in [0.4, 0.5) is 13.2 Å². The van der Waals surface area contributed by atoms with Crippen LogP contribution in [0, 0.1) is 27.7 Å². The molecule has 0 radical (unpaired) electrons. The molecule has 0 N–H and O–H groups in total. The summed E-state index contributed by atoms with van der Waals surface area (Å²) in [7, 11) is 0. The number of nitrogens with zero attached hydrogens (tertiary/aromatic N) is 5. The molecule has 0 aliphatic rings. The number of para-hydroxylation sites is 2. The molecule has 5 nitrogen and oxygen atoms in total. The van der Waals surface area contributed by atoms with E-state index in [-0.39, 0.29) is 11.4 Å². The van der Waals surface area contributed by atoms with Crippen molar-refractivity contribution in [3.8, 4) is 78.9 Å². The van der Waals surface area contributed by atoms with Gasteiger partial charge >= 0.3 is 6.18 Å². The van der Waals surface area contributed by atoms with Crippen molar-refractivity contribution in [3.63, 3.8) is 0 Å². The first kappa shape index (κ1) is 46.4. The van der Waals surface area contributed by atoms with E-state index < -0.39 is 11.7 Å². The molecule has 0 aliphatic heterocycles. The van der Waals surface area contributed by atoms with Gasteiger partial charge in [-0.15, -0.1) is 0 Å². The van der Waals surface area contributed by atoms with E-state index in [1.165, 1.54) is 23.3 Å². The molecule has 10 aromatic carbocycles. The number of aromatic nitrogens is 5. The zero-order valence-corrected chi connectivity index (χ0v) is 42.2. The molecule has 0 spiro atoms. The van der Waals surface area contributed by atoms with Gasteiger partial charge in [0, 0.05) is 49.4 Å². The molecule has 0 saturated carbocycles. The van der Waals surface area contributed by atoms with Crippen LogP contribution in [0.5, 0.6) is 0 Å². The lowest BCUT2D eigenvalue weighted by molar-refractivity contribution is -0.137. The minimum atomic E-state index is -4.81. The maximum atomic E-state index is 16.6. The third-order valence-corrected chi connectivity index (χ3v) is 14.8. The van der Waals surface area contributed by atoms with E-state index in [1.807, 2.05) is 132 Å². The maximum Gasteiger partial charge on any atom is 0.417 e. The minimum absolute atomic E-state index is 0.0116. The van der Waals surface area contributed by atoms with Gasteiger partial charge < -0.3 is 9.13 Å². The molecule has 0 fully saturated rings. The largest absolute Gasteiger partial charge is 0.417 e. The van der Waals surface area contributed by atoms with Crippen LogP contribution < -0.4 is 0 Å². The lowest BCUT2D eigenvalue weighted by atomic mass is 9.90. The van der Waals surface area contributed by atoms with Crippen molar-refractivity contribution in [1.29, 1.82) is 0 Å². The average molecular weight is 992 g/mol. The van der Waals surface area contributed by atoms with Gasteiger partial charge in [0.25, 0.3) is 0 Å². The van der Waals surface area contributed by atoms with Crippen molar-refractivity contribution >= 4 is 43.6 Å². The Morgan fingerprint density at radius 3 is 1.25 bits per heavy atom. The van der Waals surface area contributed by atoms with E-state index >= 15 is 13.2 Å². The minimum Gasteiger partial charge on any atom is -0.309 e. The fourth-order valence-electron chi connectivity index (χ4n) is 11.4. The summed E-state index contributed by atoms with van der Waals surface area (Å²) in [4.78, 5) is 15.4. The molecule has 0 amide bonds. The molecule has 8 heteroatoms. The van der Waals surface area contributed by atoms with Crippen LogP contribution in [0.25, 0.3) is 123 Å². The topological polar surface area (TPSA) is 48.5 Å². The Bertz CT molecular complexity index is 4380. The monoisotopic (exact) mass is 991 g/mol. The molecular formula is C68H48F3N5. The smallest absolute Gasteiger partial charge is 0.309 e. The van der Waals surface area contributed by atoms with Gasteiger partial charge in [0.1, 0.15) is 0 Å². The number of benzene rings is 10. The van der Waals surface area contributed by atoms with Gasteiger partial charge in [-0.25, -0.2) is 15.0 Å². The zero-order valence-electron chi connectivity index (χ0n) is 42.2. The molecule has 76 heavy (non-hydrogen) atoms. The van der Waals surface area contributed by atoms with E-state index in [0.29, 0.717) is 34.2 Å². The number of rotatable bonds is 8. The Balaban J connectivity index is 1.17. The summed E-state index contributed by atoms with van der Waals surface area (Å²) in [6.45, 7) is 8.41. The summed E-state index contributed by atoms with van der Waals surface area (Å²) in [5, 5.41) is 3.77. The van der Waals surface area contributed by atoms with Crippen molar-refractivity contribution in [2.75, 3.05) is 0 Å². The first-order chi connectivity index (χ1) is 37.0. The fraction of sp³-hybridized carbons (Fsp3) is 0.0735. The molecule has 0 unspecified atom stereocenters. The van der Waals surface area contributed by atoms with Gasteiger partial charge in [0.15, 0.2) is 17.5 Å². The van der Waals surface area contributed by atoms with Gasteiger partial charge in [-0.3, -0.25) is 0 Å². The van der Waals surface area contributed by atoms with E-state index in [4.69, 9.17) is 15.0 Å². The zero-order chi connectivity index (χ0) is 51.8. The van der Waals surface area contributed by atoms with Crippen molar-refractivity contribution in [3.05, 3.63) is 246 Å². The van der Waals surface area contributed by atoms with Crippen LogP contribution in [0.1, 0.15) is 27.8 Å². The normalized spacial score (nSPS) is 11.9. The van der Waals surface area contributed by atoms with Gasteiger partial charge in [0.2, 0.25) is 0 Å². The van der Waals surface area contributed by atoms with Crippen LogP contribution in [0.2, 0.25) is 0 Å². The Kier molecular flexibility index (Phi) is 11.1. The number of hydrogen-bond donors (Lipinski definition) is 0. The molecule has 0 aliphatic carbocycles. The predicted molar refractivity (Wildman–Crippen MR) is 305 cm³/mol. The lowest BCUT2D eigenvalue weighted by Crippen LogP contribution is -2.12. The molecular weight excluding hydrogens is 944 g/mol. The number of aryl methyl sites for hydroxylation is 4. The SMILES string of the molecule is Cc1ccc(-c2ccc3c(c2)c2ccccc2n3-c2cccc(-c3nc(-c4ccccc4)nc(-c4ccccc4)n3)c2-c2c(-n3c4ccccc4c4cc(-c5ccc(C)cc5C)ccc43)cccc2C(F)(F)F)c(C)c1. The predicted octanol–water partition coefficient (Wildman–Crippen LogP) is 18.3. The Hall–Kier alpha value is -9.40. The van der Waals surface area contributed by atoms with Crippen LogP contribution in [0.3, 0.4) is 0 Å². The van der Waals surface area contributed by atoms with Crippen LogP contribution in [0.15, 0.2) is 218 Å². The van der Waals surface area contributed by atoms with Crippen molar-refractivity contribution in [1.82, 2.24) is 24.1 Å². The molecule has 0 atom stereocenters. The third-order valence-electron chi connectivity index (χ3n) is 14.8. The fourth-order valence-corrected chi connectivity index (χ4v) is 11.4. The summed E-state index contributed by atoms with van der Waals surface area (Å²) in [6.07, 6.45) is -4.81. The number of hydrogen-bond acceptors (Lipinski definition) is 3. The summed E-state index contributed by atoms with van der Waals surface area (Å²) < 4.78 is 53.9. The second kappa shape index (κ2) is 18.2. The standard InChI is InChI=1S/C68H48F3N5/c1-41-29-33-49(43(3)37-41)47-31-35-59-54(39-47)51-21-11-13-25-57(51)75(59)61-27-15-23-53(67-73-65(45-17-7-5-8-18-45)72-66(74-67)46-19-9-6-10-20-46)63(61)64-56(68(69,70)71)24-16-28-62(64)76-58-26-14-12-22-52(58)55-40-48(32-36-60(55)76)50-34-30-42(2)38-44(50)4/h5-40H,1-4H3. The second-order valence-electron chi connectivity index (χ2n) is 19.7. The molecule has 0 saturated heterocycles. The van der Waals surface area contributed by atoms with Gasteiger partial charge in [-0.1, -0.05) is 175 Å².